The van der Waals surface area contributed by atoms with E-state index in [4.69, 9.17) is 14.0 Å². The zero-order chi connectivity index (χ0) is 21.0. The molecule has 8 nitrogen and oxygen atoms in total. The monoisotopic (exact) mass is 541 g/mol. The predicted molar refractivity (Wildman–Crippen MR) is 130 cm³/mol. The summed E-state index contributed by atoms with van der Waals surface area (Å²) >= 11 is 0. The molecule has 4 rings (SSSR count). The first-order valence-electron chi connectivity index (χ1n) is 10.5. The van der Waals surface area contributed by atoms with Crippen molar-refractivity contribution in [3.63, 3.8) is 0 Å². The van der Waals surface area contributed by atoms with Crippen molar-refractivity contribution in [3.8, 4) is 11.5 Å². The summed E-state index contributed by atoms with van der Waals surface area (Å²) in [4.78, 5) is 9.10. The van der Waals surface area contributed by atoms with Gasteiger partial charge in [-0.25, -0.2) is 0 Å². The van der Waals surface area contributed by atoms with E-state index in [2.05, 4.69) is 45.2 Å². The number of nitrogens with zero attached hydrogens (tertiary/aromatic N) is 4. The van der Waals surface area contributed by atoms with Gasteiger partial charge in [-0.3, -0.25) is 9.89 Å². The first-order valence-corrected chi connectivity index (χ1v) is 10.5. The van der Waals surface area contributed by atoms with E-state index in [-0.39, 0.29) is 29.6 Å². The number of nitrogens with one attached hydrogen (secondary N) is 1. The van der Waals surface area contributed by atoms with E-state index >= 15 is 0 Å². The molecule has 0 amide bonds. The maximum absolute atomic E-state index is 6.08. The van der Waals surface area contributed by atoms with E-state index in [0.29, 0.717) is 13.2 Å². The number of benzene rings is 1. The van der Waals surface area contributed by atoms with E-state index in [1.165, 1.54) is 5.56 Å². The summed E-state index contributed by atoms with van der Waals surface area (Å²) in [6.45, 7) is 10.0. The van der Waals surface area contributed by atoms with Crippen molar-refractivity contribution in [1.82, 2.24) is 20.3 Å². The molecular formula is C22H32IN5O3. The lowest BCUT2D eigenvalue weighted by atomic mass is 10.0. The fraction of sp³-hybridized carbons (Fsp3) is 0.545. The Morgan fingerprint density at radius 2 is 2.03 bits per heavy atom. The van der Waals surface area contributed by atoms with Crippen LogP contribution in [0.25, 0.3) is 0 Å². The van der Waals surface area contributed by atoms with Gasteiger partial charge in [-0.15, -0.1) is 24.0 Å². The molecule has 3 heterocycles. The highest BCUT2D eigenvalue weighted by Gasteiger charge is 2.32. The maximum Gasteiger partial charge on any atom is 0.193 e. The van der Waals surface area contributed by atoms with Crippen molar-refractivity contribution in [2.75, 3.05) is 46.4 Å². The summed E-state index contributed by atoms with van der Waals surface area (Å²) in [6, 6.07) is 8.04. The fourth-order valence-corrected chi connectivity index (χ4v) is 4.02. The smallest absolute Gasteiger partial charge is 0.193 e. The molecule has 1 aromatic heterocycles. The number of piperazine rings is 1. The van der Waals surface area contributed by atoms with Crippen LogP contribution in [0.15, 0.2) is 40.0 Å². The number of guanidine groups is 1. The molecule has 1 N–H and O–H groups in total. The Kier molecular flexibility index (Phi) is 8.04. The van der Waals surface area contributed by atoms with Crippen LogP contribution in [0, 0.1) is 0 Å². The van der Waals surface area contributed by atoms with E-state index in [1.807, 2.05) is 25.2 Å². The van der Waals surface area contributed by atoms with Gasteiger partial charge in [0.15, 0.2) is 17.5 Å². The van der Waals surface area contributed by atoms with Crippen molar-refractivity contribution in [2.24, 2.45) is 4.99 Å². The number of rotatable bonds is 6. The van der Waals surface area contributed by atoms with E-state index in [9.17, 15) is 0 Å². The van der Waals surface area contributed by atoms with Crippen LogP contribution in [-0.4, -0.2) is 72.9 Å². The molecule has 0 atom stereocenters. The molecule has 2 aliphatic rings. The van der Waals surface area contributed by atoms with Crippen molar-refractivity contribution >= 4 is 29.9 Å². The molecule has 9 heteroatoms. The molecule has 0 unspecified atom stereocenters. The van der Waals surface area contributed by atoms with Crippen molar-refractivity contribution in [3.05, 3.63) is 41.8 Å². The lowest BCUT2D eigenvalue weighted by Gasteiger charge is -2.36. The van der Waals surface area contributed by atoms with Crippen LogP contribution in [0.5, 0.6) is 11.5 Å². The minimum Gasteiger partial charge on any atom is -0.488 e. The summed E-state index contributed by atoms with van der Waals surface area (Å²) in [5, 5.41) is 7.41. The normalized spacial score (nSPS) is 18.2. The highest BCUT2D eigenvalue weighted by Crippen LogP contribution is 2.41. The van der Waals surface area contributed by atoms with Crippen molar-refractivity contribution in [1.29, 1.82) is 0 Å². The zero-order valence-corrected chi connectivity index (χ0v) is 20.8. The number of aliphatic imine (C=N–C) groups is 1. The maximum atomic E-state index is 6.08. The number of halogens is 1. The van der Waals surface area contributed by atoms with Gasteiger partial charge in [0.1, 0.15) is 18.5 Å². The van der Waals surface area contributed by atoms with E-state index in [0.717, 1.165) is 62.3 Å². The highest BCUT2D eigenvalue weighted by molar-refractivity contribution is 14.0. The van der Waals surface area contributed by atoms with Crippen molar-refractivity contribution in [2.45, 2.75) is 32.4 Å². The molecule has 0 radical (unpaired) electrons. The standard InChI is InChI=1S/C22H31N5O3.HI/c1-22(2)15-17-5-4-6-19(20(17)30-22)28-14-8-24-21(23-3)27-11-9-26(10-12-27)16-18-7-13-29-25-18;/h4-7,13H,8-12,14-16H2,1-3H3,(H,23,24);1H. The van der Waals surface area contributed by atoms with Crippen LogP contribution in [0.1, 0.15) is 25.1 Å². The second kappa shape index (κ2) is 10.5. The lowest BCUT2D eigenvalue weighted by Crippen LogP contribution is -2.52. The van der Waals surface area contributed by atoms with Crippen LogP contribution in [0.3, 0.4) is 0 Å². The first-order chi connectivity index (χ1) is 14.5. The Balaban J connectivity index is 0.00000272. The third-order valence-electron chi connectivity index (χ3n) is 5.46. The molecule has 1 fully saturated rings. The Labute approximate surface area is 201 Å². The fourth-order valence-electron chi connectivity index (χ4n) is 4.02. The second-order valence-electron chi connectivity index (χ2n) is 8.36. The van der Waals surface area contributed by atoms with Gasteiger partial charge in [-0.2, -0.15) is 0 Å². The average Bonchev–Trinajstić information content (AvgIpc) is 3.35. The van der Waals surface area contributed by atoms with Crippen LogP contribution in [0.4, 0.5) is 0 Å². The number of ether oxygens (including phenoxy) is 2. The van der Waals surface area contributed by atoms with Gasteiger partial charge in [0.25, 0.3) is 0 Å². The van der Waals surface area contributed by atoms with Gasteiger partial charge in [0, 0.05) is 57.8 Å². The molecule has 0 saturated carbocycles. The third-order valence-corrected chi connectivity index (χ3v) is 5.46. The Morgan fingerprint density at radius 3 is 2.74 bits per heavy atom. The van der Waals surface area contributed by atoms with Gasteiger partial charge < -0.3 is 24.2 Å². The van der Waals surface area contributed by atoms with Crippen LogP contribution < -0.4 is 14.8 Å². The zero-order valence-electron chi connectivity index (χ0n) is 18.5. The third kappa shape index (κ3) is 6.03. The number of fused-ring (bicyclic) bond motifs is 1. The highest BCUT2D eigenvalue weighted by atomic mass is 127. The number of aromatic nitrogens is 1. The Hall–Kier alpha value is -2.01. The van der Waals surface area contributed by atoms with Crippen molar-refractivity contribution < 1.29 is 14.0 Å². The minimum atomic E-state index is -0.169. The molecule has 0 spiro atoms. The minimum absolute atomic E-state index is 0. The predicted octanol–water partition coefficient (Wildman–Crippen LogP) is 2.78. The van der Waals surface area contributed by atoms with Crippen LogP contribution in [0.2, 0.25) is 0 Å². The van der Waals surface area contributed by atoms with E-state index < -0.39 is 0 Å². The summed E-state index contributed by atoms with van der Waals surface area (Å²) in [7, 11) is 1.82. The average molecular weight is 541 g/mol. The van der Waals surface area contributed by atoms with Gasteiger partial charge in [0.2, 0.25) is 0 Å². The first kappa shape index (κ1) is 23.6. The molecule has 2 aromatic rings. The number of para-hydroxylation sites is 1. The summed E-state index contributed by atoms with van der Waals surface area (Å²) in [5.41, 5.74) is 2.02. The Bertz CT molecular complexity index is 864. The molecule has 0 aliphatic carbocycles. The van der Waals surface area contributed by atoms with Gasteiger partial charge in [-0.1, -0.05) is 17.3 Å². The van der Waals surface area contributed by atoms with Gasteiger partial charge in [-0.05, 0) is 19.9 Å². The molecule has 1 aromatic carbocycles. The number of hydrogen-bond donors (Lipinski definition) is 1. The Morgan fingerprint density at radius 1 is 1.23 bits per heavy atom. The van der Waals surface area contributed by atoms with Gasteiger partial charge >= 0.3 is 0 Å². The molecule has 170 valence electrons. The topological polar surface area (TPSA) is 75.4 Å². The molecule has 0 bridgehead atoms. The van der Waals surface area contributed by atoms with Crippen LogP contribution in [-0.2, 0) is 13.0 Å². The summed E-state index contributed by atoms with van der Waals surface area (Å²) in [6.07, 6.45) is 2.53. The van der Waals surface area contributed by atoms with E-state index in [1.54, 1.807) is 6.26 Å². The second-order valence-corrected chi connectivity index (χ2v) is 8.36. The largest absolute Gasteiger partial charge is 0.488 e. The molecular weight excluding hydrogens is 509 g/mol. The lowest BCUT2D eigenvalue weighted by molar-refractivity contribution is 0.132. The van der Waals surface area contributed by atoms with Gasteiger partial charge in [0.05, 0.1) is 12.2 Å². The quantitative estimate of drug-likeness (QED) is 0.261. The summed E-state index contributed by atoms with van der Waals surface area (Å²) < 4.78 is 17.0. The molecule has 31 heavy (non-hydrogen) atoms. The summed E-state index contributed by atoms with van der Waals surface area (Å²) in [5.74, 6) is 2.61. The SMILES string of the molecule is CN=C(NCCOc1cccc2c1OC(C)(C)C2)N1CCN(Cc2ccon2)CC1.I. The number of hydrogen-bond acceptors (Lipinski definition) is 6. The molecule has 1 saturated heterocycles. The molecule has 2 aliphatic heterocycles. The van der Waals surface area contributed by atoms with Crippen LogP contribution >= 0.6 is 24.0 Å².